The standard InChI is InChI=1S/C11H10F3NO3/c1-7(9(16)17)15(10(18)11(12,13)14)8-5-3-2-4-6-8/h2-7H,1H3,(H,16,17)/t7-/m0/s1. The fraction of sp³-hybridized carbons (Fsp3) is 0.273. The quantitative estimate of drug-likeness (QED) is 0.906. The number of carbonyl (C=O) groups is 2. The van der Waals surface area contributed by atoms with E-state index in [2.05, 4.69) is 0 Å². The number of aliphatic carboxylic acids is 1. The Balaban J connectivity index is 3.20. The van der Waals surface area contributed by atoms with Crippen molar-refractivity contribution >= 4 is 17.6 Å². The molecule has 0 unspecified atom stereocenters. The molecular formula is C11H10F3NO3. The van der Waals surface area contributed by atoms with Crippen molar-refractivity contribution in [2.75, 3.05) is 4.90 Å². The molecule has 1 rings (SSSR count). The molecule has 98 valence electrons. The Hall–Kier alpha value is -2.05. The molecule has 0 saturated carbocycles. The normalized spacial score (nSPS) is 12.9. The van der Waals surface area contributed by atoms with Crippen molar-refractivity contribution in [3.05, 3.63) is 30.3 Å². The number of alkyl halides is 3. The summed E-state index contributed by atoms with van der Waals surface area (Å²) in [4.78, 5) is 22.2. The van der Waals surface area contributed by atoms with Gasteiger partial charge in [0.05, 0.1) is 0 Å². The monoisotopic (exact) mass is 261 g/mol. The highest BCUT2D eigenvalue weighted by Crippen LogP contribution is 2.25. The van der Waals surface area contributed by atoms with Gasteiger partial charge >= 0.3 is 18.1 Å². The average molecular weight is 261 g/mol. The van der Waals surface area contributed by atoms with Crippen LogP contribution in [0.1, 0.15) is 6.92 Å². The van der Waals surface area contributed by atoms with Gasteiger partial charge in [-0.15, -0.1) is 0 Å². The van der Waals surface area contributed by atoms with E-state index in [1.165, 1.54) is 24.3 Å². The molecule has 1 N–H and O–H groups in total. The van der Waals surface area contributed by atoms with Crippen molar-refractivity contribution in [1.29, 1.82) is 0 Å². The number of rotatable bonds is 3. The van der Waals surface area contributed by atoms with Gasteiger partial charge in [-0.1, -0.05) is 18.2 Å². The molecule has 0 heterocycles. The van der Waals surface area contributed by atoms with Gasteiger partial charge in [0, 0.05) is 5.69 Å². The number of anilines is 1. The van der Waals surface area contributed by atoms with Crippen molar-refractivity contribution in [1.82, 2.24) is 0 Å². The number of hydrogen-bond donors (Lipinski definition) is 1. The molecule has 0 aliphatic rings. The predicted molar refractivity (Wildman–Crippen MR) is 57.1 cm³/mol. The van der Waals surface area contributed by atoms with Crippen molar-refractivity contribution < 1.29 is 27.9 Å². The molecule has 18 heavy (non-hydrogen) atoms. The highest BCUT2D eigenvalue weighted by Gasteiger charge is 2.45. The largest absolute Gasteiger partial charge is 0.480 e. The van der Waals surface area contributed by atoms with E-state index in [1.807, 2.05) is 0 Å². The molecule has 0 aliphatic carbocycles. The van der Waals surface area contributed by atoms with E-state index in [0.29, 0.717) is 0 Å². The molecule has 1 atom stereocenters. The van der Waals surface area contributed by atoms with E-state index >= 15 is 0 Å². The maximum absolute atomic E-state index is 12.4. The maximum atomic E-state index is 12.4. The maximum Gasteiger partial charge on any atom is 0.471 e. The van der Waals surface area contributed by atoms with E-state index in [9.17, 15) is 22.8 Å². The molecule has 0 aromatic heterocycles. The summed E-state index contributed by atoms with van der Waals surface area (Å²) in [6.07, 6.45) is -5.13. The van der Waals surface area contributed by atoms with Crippen LogP contribution in [0.5, 0.6) is 0 Å². The van der Waals surface area contributed by atoms with E-state index in [4.69, 9.17) is 5.11 Å². The third-order valence-corrected chi connectivity index (χ3v) is 2.24. The number of carboxylic acid groups (broad SMARTS) is 1. The van der Waals surface area contributed by atoms with Gasteiger partial charge in [0.1, 0.15) is 6.04 Å². The highest BCUT2D eigenvalue weighted by molar-refractivity contribution is 6.01. The minimum absolute atomic E-state index is 0.116. The van der Waals surface area contributed by atoms with Crippen molar-refractivity contribution in [3.8, 4) is 0 Å². The summed E-state index contributed by atoms with van der Waals surface area (Å²) in [5.41, 5.74) is -0.116. The highest BCUT2D eigenvalue weighted by atomic mass is 19.4. The summed E-state index contributed by atoms with van der Waals surface area (Å²) >= 11 is 0. The van der Waals surface area contributed by atoms with Crippen LogP contribution in [0.3, 0.4) is 0 Å². The Morgan fingerprint density at radius 1 is 1.22 bits per heavy atom. The fourth-order valence-electron chi connectivity index (χ4n) is 1.35. The molecule has 0 aliphatic heterocycles. The smallest absolute Gasteiger partial charge is 0.471 e. The van der Waals surface area contributed by atoms with Gasteiger partial charge in [0.2, 0.25) is 0 Å². The molecule has 0 fully saturated rings. The van der Waals surface area contributed by atoms with E-state index in [-0.39, 0.29) is 10.6 Å². The molecule has 1 aromatic carbocycles. The van der Waals surface area contributed by atoms with E-state index in [0.717, 1.165) is 6.92 Å². The van der Waals surface area contributed by atoms with Crippen LogP contribution < -0.4 is 4.90 Å². The first-order valence-electron chi connectivity index (χ1n) is 4.93. The van der Waals surface area contributed by atoms with Gasteiger partial charge in [-0.05, 0) is 19.1 Å². The van der Waals surface area contributed by atoms with Crippen LogP contribution in [0, 0.1) is 0 Å². The second-order valence-corrected chi connectivity index (χ2v) is 3.52. The number of carboxylic acids is 1. The zero-order chi connectivity index (χ0) is 13.9. The van der Waals surface area contributed by atoms with Crippen molar-refractivity contribution in [2.24, 2.45) is 0 Å². The lowest BCUT2D eigenvalue weighted by molar-refractivity contribution is -0.171. The molecular weight excluding hydrogens is 251 g/mol. The summed E-state index contributed by atoms with van der Waals surface area (Å²) in [6, 6.07) is 5.25. The Labute approximate surface area is 101 Å². The van der Waals surface area contributed by atoms with E-state index in [1.54, 1.807) is 6.07 Å². The number of nitrogens with zero attached hydrogens (tertiary/aromatic N) is 1. The van der Waals surface area contributed by atoms with Gasteiger partial charge in [-0.3, -0.25) is 9.69 Å². The minimum atomic E-state index is -5.13. The third-order valence-electron chi connectivity index (χ3n) is 2.24. The zero-order valence-corrected chi connectivity index (χ0v) is 9.31. The number of hydrogen-bond acceptors (Lipinski definition) is 2. The molecule has 1 aromatic rings. The molecule has 7 heteroatoms. The first-order valence-corrected chi connectivity index (χ1v) is 4.93. The van der Waals surface area contributed by atoms with Crippen molar-refractivity contribution in [2.45, 2.75) is 19.1 Å². The molecule has 0 saturated heterocycles. The molecule has 1 amide bonds. The number of para-hydroxylation sites is 1. The third kappa shape index (κ3) is 2.99. The lowest BCUT2D eigenvalue weighted by Gasteiger charge is -2.27. The number of carbonyl (C=O) groups excluding carboxylic acids is 1. The number of benzene rings is 1. The summed E-state index contributed by atoms with van der Waals surface area (Å²) in [5, 5.41) is 8.77. The molecule has 4 nitrogen and oxygen atoms in total. The lowest BCUT2D eigenvalue weighted by Crippen LogP contribution is -2.49. The van der Waals surface area contributed by atoms with Gasteiger partial charge in [0.15, 0.2) is 0 Å². The fourth-order valence-corrected chi connectivity index (χ4v) is 1.35. The van der Waals surface area contributed by atoms with Crippen LogP contribution in [0.25, 0.3) is 0 Å². The number of amides is 1. The average Bonchev–Trinajstić information content (AvgIpc) is 2.29. The predicted octanol–water partition coefficient (Wildman–Crippen LogP) is 2.05. The van der Waals surface area contributed by atoms with Crippen LogP contribution >= 0.6 is 0 Å². The Morgan fingerprint density at radius 2 is 1.72 bits per heavy atom. The second kappa shape index (κ2) is 5.07. The van der Waals surface area contributed by atoms with E-state index < -0.39 is 24.1 Å². The minimum Gasteiger partial charge on any atom is -0.480 e. The Morgan fingerprint density at radius 3 is 2.11 bits per heavy atom. The molecule has 0 spiro atoms. The summed E-state index contributed by atoms with van der Waals surface area (Å²) in [7, 11) is 0. The zero-order valence-electron chi connectivity index (χ0n) is 9.31. The second-order valence-electron chi connectivity index (χ2n) is 3.52. The molecule has 0 bridgehead atoms. The number of halogens is 3. The first-order chi connectivity index (χ1) is 8.25. The summed E-state index contributed by atoms with van der Waals surface area (Å²) < 4.78 is 37.3. The van der Waals surface area contributed by atoms with Gasteiger partial charge < -0.3 is 5.11 Å². The van der Waals surface area contributed by atoms with Crippen LogP contribution in [0.4, 0.5) is 18.9 Å². The van der Waals surface area contributed by atoms with Crippen LogP contribution in [0.15, 0.2) is 30.3 Å². The van der Waals surface area contributed by atoms with Gasteiger partial charge in [0.25, 0.3) is 0 Å². The van der Waals surface area contributed by atoms with Crippen LogP contribution in [-0.2, 0) is 9.59 Å². The summed E-state index contributed by atoms with van der Waals surface area (Å²) in [5.74, 6) is -3.72. The van der Waals surface area contributed by atoms with Gasteiger partial charge in [-0.2, -0.15) is 13.2 Å². The van der Waals surface area contributed by atoms with Crippen LogP contribution in [0.2, 0.25) is 0 Å². The van der Waals surface area contributed by atoms with Gasteiger partial charge in [-0.25, -0.2) is 4.79 Å². The van der Waals surface area contributed by atoms with Crippen LogP contribution in [-0.4, -0.2) is 29.2 Å². The summed E-state index contributed by atoms with van der Waals surface area (Å²) in [6.45, 7) is 1.01. The SMILES string of the molecule is C[C@@H](C(=O)O)N(C(=O)C(F)(F)F)c1ccccc1. The molecule has 0 radical (unpaired) electrons. The Kier molecular flexibility index (Phi) is 3.95. The van der Waals surface area contributed by atoms with Crippen molar-refractivity contribution in [3.63, 3.8) is 0 Å². The Bertz CT molecular complexity index is 445. The first kappa shape index (κ1) is 14.0. The topological polar surface area (TPSA) is 57.6 Å². The lowest BCUT2D eigenvalue weighted by atomic mass is 10.2.